The van der Waals surface area contributed by atoms with Crippen LogP contribution >= 0.6 is 23.1 Å². The molecule has 1 atom stereocenters. The first kappa shape index (κ1) is 12.5. The second-order valence-electron chi connectivity index (χ2n) is 3.55. The smallest absolute Gasteiger partial charge is 0.124 e. The van der Waals surface area contributed by atoms with Crippen LogP contribution in [0.3, 0.4) is 0 Å². The summed E-state index contributed by atoms with van der Waals surface area (Å²) >= 11 is 2.99. The Morgan fingerprint density at radius 1 is 1.47 bits per heavy atom. The van der Waals surface area contributed by atoms with Gasteiger partial charge in [-0.1, -0.05) is 6.07 Å². The van der Waals surface area contributed by atoms with Crippen LogP contribution in [0.1, 0.15) is 5.01 Å². The highest BCUT2D eigenvalue weighted by atomic mass is 32.2. The van der Waals surface area contributed by atoms with Gasteiger partial charge in [0.05, 0.1) is 11.1 Å². The standard InChI is InChI=1S/C12H12FNOS2/c13-9-2-1-3-11(6-9)17-8-10(15)7-12-14-4-5-16-12/h1-6,10,15H,7-8H2. The molecule has 0 amide bonds. The van der Waals surface area contributed by atoms with Crippen molar-refractivity contribution in [3.63, 3.8) is 0 Å². The Labute approximate surface area is 108 Å². The molecule has 5 heteroatoms. The monoisotopic (exact) mass is 269 g/mol. The van der Waals surface area contributed by atoms with E-state index in [0.29, 0.717) is 12.2 Å². The third kappa shape index (κ3) is 4.11. The molecule has 0 fully saturated rings. The lowest BCUT2D eigenvalue weighted by molar-refractivity contribution is 0.200. The lowest BCUT2D eigenvalue weighted by atomic mass is 10.3. The van der Waals surface area contributed by atoms with Gasteiger partial charge >= 0.3 is 0 Å². The molecule has 2 aromatic rings. The van der Waals surface area contributed by atoms with Crippen LogP contribution < -0.4 is 0 Å². The minimum Gasteiger partial charge on any atom is -0.392 e. The minimum absolute atomic E-state index is 0.246. The number of nitrogens with zero attached hydrogens (tertiary/aromatic N) is 1. The van der Waals surface area contributed by atoms with Gasteiger partial charge in [-0.15, -0.1) is 23.1 Å². The zero-order valence-corrected chi connectivity index (χ0v) is 10.7. The highest BCUT2D eigenvalue weighted by Crippen LogP contribution is 2.20. The van der Waals surface area contributed by atoms with Crippen molar-refractivity contribution in [2.24, 2.45) is 0 Å². The Morgan fingerprint density at radius 3 is 3.06 bits per heavy atom. The van der Waals surface area contributed by atoms with Crippen molar-refractivity contribution in [1.29, 1.82) is 0 Å². The van der Waals surface area contributed by atoms with Gasteiger partial charge in [0.15, 0.2) is 0 Å². The van der Waals surface area contributed by atoms with Crippen LogP contribution in [-0.2, 0) is 6.42 Å². The van der Waals surface area contributed by atoms with Gasteiger partial charge in [0.25, 0.3) is 0 Å². The molecule has 1 aromatic carbocycles. The molecule has 0 radical (unpaired) electrons. The molecule has 1 aromatic heterocycles. The number of benzene rings is 1. The molecule has 17 heavy (non-hydrogen) atoms. The predicted octanol–water partition coefficient (Wildman–Crippen LogP) is 2.98. The van der Waals surface area contributed by atoms with Gasteiger partial charge in [0.1, 0.15) is 5.82 Å². The van der Waals surface area contributed by atoms with Crippen LogP contribution in [0.5, 0.6) is 0 Å². The third-order valence-electron chi connectivity index (χ3n) is 2.13. The Bertz CT molecular complexity index is 461. The Kier molecular flexibility index (Phi) is 4.53. The van der Waals surface area contributed by atoms with Gasteiger partial charge in [0, 0.05) is 28.6 Å². The molecule has 0 bridgehead atoms. The molecular formula is C12H12FNOS2. The van der Waals surface area contributed by atoms with E-state index >= 15 is 0 Å². The van der Waals surface area contributed by atoms with Gasteiger partial charge in [-0.3, -0.25) is 0 Å². The lowest BCUT2D eigenvalue weighted by Gasteiger charge is -2.08. The van der Waals surface area contributed by atoms with Crippen molar-refractivity contribution in [1.82, 2.24) is 4.98 Å². The van der Waals surface area contributed by atoms with Crippen LogP contribution in [0, 0.1) is 5.82 Å². The van der Waals surface area contributed by atoms with E-state index in [-0.39, 0.29) is 5.82 Å². The highest BCUT2D eigenvalue weighted by molar-refractivity contribution is 7.99. The molecule has 1 heterocycles. The van der Waals surface area contributed by atoms with Gasteiger partial charge in [0.2, 0.25) is 0 Å². The first-order valence-electron chi connectivity index (χ1n) is 5.19. The van der Waals surface area contributed by atoms with Gasteiger partial charge < -0.3 is 5.11 Å². The summed E-state index contributed by atoms with van der Waals surface area (Å²) in [5.41, 5.74) is 0. The summed E-state index contributed by atoms with van der Waals surface area (Å²) < 4.78 is 12.9. The first-order chi connectivity index (χ1) is 8.24. The fourth-order valence-electron chi connectivity index (χ4n) is 1.36. The maximum Gasteiger partial charge on any atom is 0.124 e. The zero-order valence-electron chi connectivity index (χ0n) is 9.04. The largest absolute Gasteiger partial charge is 0.392 e. The van der Waals surface area contributed by atoms with Crippen molar-refractivity contribution < 1.29 is 9.50 Å². The maximum atomic E-state index is 12.9. The number of hydrogen-bond acceptors (Lipinski definition) is 4. The maximum absolute atomic E-state index is 12.9. The number of aliphatic hydroxyl groups excluding tert-OH is 1. The average Bonchev–Trinajstić information content (AvgIpc) is 2.79. The van der Waals surface area contributed by atoms with E-state index in [1.807, 2.05) is 11.4 Å². The summed E-state index contributed by atoms with van der Waals surface area (Å²) in [5, 5.41) is 12.6. The van der Waals surface area contributed by atoms with Gasteiger partial charge in [-0.25, -0.2) is 9.37 Å². The minimum atomic E-state index is -0.450. The van der Waals surface area contributed by atoms with E-state index in [4.69, 9.17) is 0 Å². The SMILES string of the molecule is OC(CSc1cccc(F)c1)Cc1nccs1. The molecule has 0 aliphatic carbocycles. The van der Waals surface area contributed by atoms with Crippen molar-refractivity contribution in [3.8, 4) is 0 Å². The molecule has 2 rings (SSSR count). The van der Waals surface area contributed by atoms with E-state index < -0.39 is 6.10 Å². The van der Waals surface area contributed by atoms with E-state index in [2.05, 4.69) is 4.98 Å². The molecule has 2 nitrogen and oxygen atoms in total. The predicted molar refractivity (Wildman–Crippen MR) is 68.9 cm³/mol. The van der Waals surface area contributed by atoms with Gasteiger partial charge in [-0.05, 0) is 18.2 Å². The second-order valence-corrected chi connectivity index (χ2v) is 5.62. The van der Waals surface area contributed by atoms with Gasteiger partial charge in [-0.2, -0.15) is 0 Å². The van der Waals surface area contributed by atoms with Crippen molar-refractivity contribution in [3.05, 3.63) is 46.7 Å². The second kappa shape index (κ2) is 6.14. The summed E-state index contributed by atoms with van der Waals surface area (Å²) in [6.45, 7) is 0. The number of hydrogen-bond donors (Lipinski definition) is 1. The average molecular weight is 269 g/mol. The molecule has 0 spiro atoms. The first-order valence-corrected chi connectivity index (χ1v) is 7.05. The van der Waals surface area contributed by atoms with Crippen LogP contribution in [0.4, 0.5) is 4.39 Å². The fraction of sp³-hybridized carbons (Fsp3) is 0.250. The highest BCUT2D eigenvalue weighted by Gasteiger charge is 2.08. The van der Waals surface area contributed by atoms with Crippen LogP contribution in [0.2, 0.25) is 0 Å². The molecule has 0 saturated heterocycles. The summed E-state index contributed by atoms with van der Waals surface area (Å²) in [5.74, 6) is 0.299. The van der Waals surface area contributed by atoms with Crippen LogP contribution in [-0.4, -0.2) is 21.9 Å². The van der Waals surface area contributed by atoms with Crippen molar-refractivity contribution in [2.75, 3.05) is 5.75 Å². The van der Waals surface area contributed by atoms with Crippen molar-refractivity contribution in [2.45, 2.75) is 17.4 Å². The molecular weight excluding hydrogens is 257 g/mol. The summed E-state index contributed by atoms with van der Waals surface area (Å²) in [4.78, 5) is 4.95. The summed E-state index contributed by atoms with van der Waals surface area (Å²) in [6, 6.07) is 6.39. The molecule has 1 N–H and O–H groups in total. The van der Waals surface area contributed by atoms with E-state index in [1.54, 1.807) is 12.3 Å². The number of thiazole rings is 1. The number of thioether (sulfide) groups is 1. The number of aliphatic hydroxyl groups is 1. The lowest BCUT2D eigenvalue weighted by Crippen LogP contribution is -2.13. The molecule has 0 aliphatic rings. The van der Waals surface area contributed by atoms with E-state index in [9.17, 15) is 9.50 Å². The number of rotatable bonds is 5. The van der Waals surface area contributed by atoms with Crippen LogP contribution in [0.25, 0.3) is 0 Å². The molecule has 1 unspecified atom stereocenters. The topological polar surface area (TPSA) is 33.1 Å². The fourth-order valence-corrected chi connectivity index (χ4v) is 2.93. The summed E-state index contributed by atoms with van der Waals surface area (Å²) in [6.07, 6.45) is 1.83. The Morgan fingerprint density at radius 2 is 2.35 bits per heavy atom. The zero-order chi connectivity index (χ0) is 12.1. The summed E-state index contributed by atoms with van der Waals surface area (Å²) in [7, 11) is 0. The Balaban J connectivity index is 1.82. The molecule has 90 valence electrons. The van der Waals surface area contributed by atoms with E-state index in [0.717, 1.165) is 9.90 Å². The van der Waals surface area contributed by atoms with Crippen molar-refractivity contribution >= 4 is 23.1 Å². The quantitative estimate of drug-likeness (QED) is 0.847. The number of aromatic nitrogens is 1. The number of halogens is 1. The van der Waals surface area contributed by atoms with E-state index in [1.165, 1.54) is 35.2 Å². The molecule has 0 aliphatic heterocycles. The molecule has 0 saturated carbocycles. The van der Waals surface area contributed by atoms with Crippen LogP contribution in [0.15, 0.2) is 40.7 Å². The third-order valence-corrected chi connectivity index (χ3v) is 4.07. The normalized spacial score (nSPS) is 12.6. The Hall–Kier alpha value is -0.910.